The highest BCUT2D eigenvalue weighted by Gasteiger charge is 2.53. The third-order valence-electron chi connectivity index (χ3n) is 4.10. The molecule has 0 N–H and O–H groups in total. The number of hydrogen-bond acceptors (Lipinski definition) is 4. The summed E-state index contributed by atoms with van der Waals surface area (Å²) >= 11 is 0. The molecular formula is C14H20O4. The maximum atomic E-state index is 11.1. The fourth-order valence-electron chi connectivity index (χ4n) is 3.08. The topological polar surface area (TPSA) is 44.8 Å². The van der Waals surface area contributed by atoms with Crippen LogP contribution in [0, 0.1) is 0 Å². The Morgan fingerprint density at radius 2 is 2.06 bits per heavy atom. The van der Waals surface area contributed by atoms with E-state index in [1.54, 1.807) is 0 Å². The average Bonchev–Trinajstić information content (AvgIpc) is 2.68. The van der Waals surface area contributed by atoms with Gasteiger partial charge in [0.25, 0.3) is 0 Å². The lowest BCUT2D eigenvalue weighted by Gasteiger charge is -2.44. The Kier molecular flexibility index (Phi) is 2.84. The maximum absolute atomic E-state index is 11.1. The summed E-state index contributed by atoms with van der Waals surface area (Å²) < 4.78 is 17.9. The zero-order valence-corrected chi connectivity index (χ0v) is 10.8. The Bertz CT molecular complexity index is 372. The third kappa shape index (κ3) is 2.02. The van der Waals surface area contributed by atoms with Crippen molar-refractivity contribution in [3.8, 4) is 0 Å². The molecule has 2 spiro atoms. The largest absolute Gasteiger partial charge is 0.346 e. The van der Waals surface area contributed by atoms with Gasteiger partial charge in [-0.25, -0.2) is 0 Å². The van der Waals surface area contributed by atoms with E-state index in [4.69, 9.17) is 14.2 Å². The lowest BCUT2D eigenvalue weighted by atomic mass is 9.97. The molecule has 0 saturated carbocycles. The summed E-state index contributed by atoms with van der Waals surface area (Å²) in [5.74, 6) is -1.29. The van der Waals surface area contributed by atoms with Crippen molar-refractivity contribution in [3.05, 3.63) is 12.2 Å². The monoisotopic (exact) mass is 252 g/mol. The summed E-state index contributed by atoms with van der Waals surface area (Å²) in [6.07, 6.45) is 10.2. The van der Waals surface area contributed by atoms with Crippen molar-refractivity contribution in [2.24, 2.45) is 0 Å². The molecule has 3 aliphatic rings. The first kappa shape index (κ1) is 12.3. The predicted molar refractivity (Wildman–Crippen MR) is 64.9 cm³/mol. The molecule has 4 heteroatoms. The van der Waals surface area contributed by atoms with E-state index in [0.29, 0.717) is 12.8 Å². The molecule has 0 aromatic carbocycles. The zero-order valence-electron chi connectivity index (χ0n) is 10.8. The van der Waals surface area contributed by atoms with E-state index < -0.39 is 17.2 Å². The fraction of sp³-hybridized carbons (Fsp3) is 0.786. The van der Waals surface area contributed by atoms with Crippen LogP contribution in [0.15, 0.2) is 12.2 Å². The molecule has 3 atom stereocenters. The van der Waals surface area contributed by atoms with Gasteiger partial charge in [0.2, 0.25) is 0 Å². The van der Waals surface area contributed by atoms with E-state index in [0.717, 1.165) is 38.6 Å². The quantitative estimate of drug-likeness (QED) is 0.530. The second-order valence-corrected chi connectivity index (χ2v) is 5.77. The number of aldehydes is 1. The van der Waals surface area contributed by atoms with Crippen molar-refractivity contribution < 1.29 is 19.0 Å². The van der Waals surface area contributed by atoms with Crippen molar-refractivity contribution in [3.63, 3.8) is 0 Å². The Hall–Kier alpha value is -0.710. The van der Waals surface area contributed by atoms with Gasteiger partial charge in [0.1, 0.15) is 5.60 Å². The van der Waals surface area contributed by atoms with Gasteiger partial charge in [0, 0.05) is 19.3 Å². The number of hydrogen-bond donors (Lipinski definition) is 0. The second kappa shape index (κ2) is 4.15. The van der Waals surface area contributed by atoms with Crippen molar-refractivity contribution in [1.82, 2.24) is 0 Å². The molecule has 2 fully saturated rings. The molecule has 3 heterocycles. The summed E-state index contributed by atoms with van der Waals surface area (Å²) in [5, 5.41) is 0. The number of carbonyl (C=O) groups excluding carboxylic acids is 1. The van der Waals surface area contributed by atoms with Crippen LogP contribution in [-0.2, 0) is 19.0 Å². The van der Waals surface area contributed by atoms with E-state index in [9.17, 15) is 4.79 Å². The minimum atomic E-state index is -0.707. The molecule has 3 aliphatic heterocycles. The Labute approximate surface area is 107 Å². The van der Waals surface area contributed by atoms with Crippen LogP contribution >= 0.6 is 0 Å². The highest BCUT2D eigenvalue weighted by atomic mass is 16.8. The van der Waals surface area contributed by atoms with Crippen LogP contribution in [-0.4, -0.2) is 30.1 Å². The second-order valence-electron chi connectivity index (χ2n) is 5.77. The van der Waals surface area contributed by atoms with Gasteiger partial charge >= 0.3 is 0 Å². The highest BCUT2D eigenvalue weighted by molar-refractivity contribution is 5.62. The zero-order chi connectivity index (χ0) is 12.7. The van der Waals surface area contributed by atoms with Gasteiger partial charge < -0.3 is 19.0 Å². The minimum absolute atomic E-state index is 0.620. The molecule has 0 amide bonds. The lowest BCUT2D eigenvalue weighted by molar-refractivity contribution is -0.353. The smallest absolute Gasteiger partial charge is 0.191 e. The summed E-state index contributed by atoms with van der Waals surface area (Å²) in [7, 11) is 0. The van der Waals surface area contributed by atoms with Crippen LogP contribution in [0.2, 0.25) is 0 Å². The van der Waals surface area contributed by atoms with Gasteiger partial charge in [-0.1, -0.05) is 6.08 Å². The van der Waals surface area contributed by atoms with Gasteiger partial charge in [0.15, 0.2) is 17.9 Å². The van der Waals surface area contributed by atoms with Gasteiger partial charge in [-0.15, -0.1) is 0 Å². The van der Waals surface area contributed by atoms with E-state index in [1.807, 2.05) is 13.0 Å². The molecule has 0 aromatic heterocycles. The minimum Gasteiger partial charge on any atom is -0.346 e. The normalized spacial score (nSPS) is 47.8. The molecule has 4 nitrogen and oxygen atoms in total. The van der Waals surface area contributed by atoms with Gasteiger partial charge in [0.05, 0.1) is 6.61 Å². The highest BCUT2D eigenvalue weighted by Crippen LogP contribution is 2.47. The molecule has 3 rings (SSSR count). The molecule has 0 bridgehead atoms. The van der Waals surface area contributed by atoms with Gasteiger partial charge in [-0.2, -0.15) is 0 Å². The maximum Gasteiger partial charge on any atom is 0.191 e. The SMILES string of the molecule is C[C@@]1(C=O)CC[C@@]2(CC=C[C@@]3(CCCCO3)O2)O1. The predicted octanol–water partition coefficient (Wildman–Crippen LogP) is 2.32. The van der Waals surface area contributed by atoms with Crippen LogP contribution < -0.4 is 0 Å². The molecule has 0 aromatic rings. The van der Waals surface area contributed by atoms with E-state index in [1.165, 1.54) is 0 Å². The van der Waals surface area contributed by atoms with Gasteiger partial charge in [-0.05, 0) is 32.3 Å². The molecule has 0 aliphatic carbocycles. The Morgan fingerprint density at radius 3 is 2.72 bits per heavy atom. The molecule has 100 valence electrons. The van der Waals surface area contributed by atoms with Crippen molar-refractivity contribution >= 4 is 6.29 Å². The number of carbonyl (C=O) groups is 1. The number of ether oxygens (including phenoxy) is 3. The summed E-state index contributed by atoms with van der Waals surface area (Å²) in [4.78, 5) is 11.1. The molecule has 0 radical (unpaired) electrons. The standard InChI is InChI=1S/C14H20O4/c1-12(11-15)8-9-14(17-12)7-4-6-13(18-14)5-2-3-10-16-13/h4,6,11H,2-3,5,7-10H2,1H3/t12-,13+,14-/m0/s1. The average molecular weight is 252 g/mol. The summed E-state index contributed by atoms with van der Waals surface area (Å²) in [5.41, 5.74) is -0.707. The molecule has 18 heavy (non-hydrogen) atoms. The Balaban J connectivity index is 1.80. The van der Waals surface area contributed by atoms with E-state index in [-0.39, 0.29) is 0 Å². The first-order chi connectivity index (χ1) is 8.60. The van der Waals surface area contributed by atoms with Crippen molar-refractivity contribution in [2.45, 2.75) is 62.6 Å². The van der Waals surface area contributed by atoms with Crippen LogP contribution in [0.5, 0.6) is 0 Å². The van der Waals surface area contributed by atoms with Crippen LogP contribution in [0.25, 0.3) is 0 Å². The van der Waals surface area contributed by atoms with E-state index >= 15 is 0 Å². The first-order valence-electron chi connectivity index (χ1n) is 6.78. The van der Waals surface area contributed by atoms with Crippen LogP contribution in [0.1, 0.15) is 45.4 Å². The van der Waals surface area contributed by atoms with Crippen molar-refractivity contribution in [1.29, 1.82) is 0 Å². The molecule has 0 unspecified atom stereocenters. The fourth-order valence-corrected chi connectivity index (χ4v) is 3.08. The molecular weight excluding hydrogens is 232 g/mol. The van der Waals surface area contributed by atoms with Crippen LogP contribution in [0.3, 0.4) is 0 Å². The van der Waals surface area contributed by atoms with Crippen LogP contribution in [0.4, 0.5) is 0 Å². The van der Waals surface area contributed by atoms with Crippen molar-refractivity contribution in [2.75, 3.05) is 6.61 Å². The summed E-state index contributed by atoms with van der Waals surface area (Å²) in [6, 6.07) is 0. The van der Waals surface area contributed by atoms with Gasteiger partial charge in [-0.3, -0.25) is 0 Å². The molecule has 2 saturated heterocycles. The third-order valence-corrected chi connectivity index (χ3v) is 4.10. The first-order valence-corrected chi connectivity index (χ1v) is 6.78. The lowest BCUT2D eigenvalue weighted by Crippen LogP contribution is -2.50. The Morgan fingerprint density at radius 1 is 1.17 bits per heavy atom. The summed E-state index contributed by atoms with van der Waals surface area (Å²) in [6.45, 7) is 2.55. The van der Waals surface area contributed by atoms with E-state index in [2.05, 4.69) is 6.08 Å². The number of rotatable bonds is 1.